The highest BCUT2D eigenvalue weighted by molar-refractivity contribution is 14.0. The molecule has 1 aromatic carbocycles. The second-order valence-electron chi connectivity index (χ2n) is 3.84. The lowest BCUT2D eigenvalue weighted by Crippen LogP contribution is -2.35. The number of hydrogen-bond donors (Lipinski definition) is 1. The zero-order chi connectivity index (χ0) is 12.4. The lowest BCUT2D eigenvalue weighted by Gasteiger charge is -2.15. The number of nitrogens with zero attached hydrogens (tertiary/aromatic N) is 2. The lowest BCUT2D eigenvalue weighted by atomic mass is 10.2. The molecule has 1 heterocycles. The van der Waals surface area contributed by atoms with Crippen LogP contribution < -0.4 is 5.32 Å². The minimum atomic E-state index is -0.619. The monoisotopic (exact) mass is 387 g/mol. The van der Waals surface area contributed by atoms with E-state index in [1.807, 2.05) is 11.9 Å². The summed E-state index contributed by atoms with van der Waals surface area (Å²) in [6, 6.07) is 2.08. The molecular formula is C11H13ClF2IN3. The molecule has 100 valence electrons. The third-order valence-electron chi connectivity index (χ3n) is 2.58. The highest BCUT2D eigenvalue weighted by atomic mass is 127. The summed E-state index contributed by atoms with van der Waals surface area (Å²) in [7, 11) is 1.89. The van der Waals surface area contributed by atoms with Crippen LogP contribution in [0.1, 0.15) is 5.56 Å². The first-order valence-electron chi connectivity index (χ1n) is 5.21. The molecule has 0 bridgehead atoms. The molecule has 1 N–H and O–H groups in total. The van der Waals surface area contributed by atoms with Crippen molar-refractivity contribution < 1.29 is 8.78 Å². The van der Waals surface area contributed by atoms with Crippen molar-refractivity contribution >= 4 is 41.5 Å². The fourth-order valence-electron chi connectivity index (χ4n) is 1.60. The van der Waals surface area contributed by atoms with Crippen LogP contribution in [0.3, 0.4) is 0 Å². The van der Waals surface area contributed by atoms with Crippen molar-refractivity contribution in [3.63, 3.8) is 0 Å². The van der Waals surface area contributed by atoms with Gasteiger partial charge >= 0.3 is 0 Å². The summed E-state index contributed by atoms with van der Waals surface area (Å²) in [4.78, 5) is 6.11. The van der Waals surface area contributed by atoms with Gasteiger partial charge in [-0.05, 0) is 12.1 Å². The van der Waals surface area contributed by atoms with Crippen LogP contribution in [0.25, 0.3) is 0 Å². The predicted molar refractivity (Wildman–Crippen MR) is 78.6 cm³/mol. The standard InChI is InChI=1S/C11H12ClF2N3.HI/c1-17-3-2-15-11(17)16-6-7-4-10(14)8(12)5-9(7)13;/h4-5H,2-3,6H2,1H3,(H,15,16);1H. The molecule has 18 heavy (non-hydrogen) atoms. The van der Waals surface area contributed by atoms with Crippen LogP contribution in [0.4, 0.5) is 8.78 Å². The maximum absolute atomic E-state index is 13.5. The van der Waals surface area contributed by atoms with Crippen LogP contribution in [0.2, 0.25) is 5.02 Å². The van der Waals surface area contributed by atoms with E-state index in [4.69, 9.17) is 11.6 Å². The Bertz CT molecular complexity index is 468. The second kappa shape index (κ2) is 6.51. The topological polar surface area (TPSA) is 27.6 Å². The Morgan fingerprint density at radius 2 is 2.11 bits per heavy atom. The third-order valence-corrected chi connectivity index (χ3v) is 2.87. The van der Waals surface area contributed by atoms with Crippen LogP contribution in [-0.4, -0.2) is 31.0 Å². The summed E-state index contributed by atoms with van der Waals surface area (Å²) < 4.78 is 26.6. The molecule has 0 saturated carbocycles. The molecule has 0 unspecified atom stereocenters. The Kier molecular flexibility index (Phi) is 5.58. The molecule has 1 aliphatic heterocycles. The molecular weight excluding hydrogens is 374 g/mol. The molecule has 3 nitrogen and oxygen atoms in total. The number of halogens is 4. The Labute approximate surface area is 126 Å². The van der Waals surface area contributed by atoms with Gasteiger partial charge in [-0.2, -0.15) is 0 Å². The van der Waals surface area contributed by atoms with Crippen molar-refractivity contribution in [3.05, 3.63) is 34.4 Å². The molecule has 0 radical (unpaired) electrons. The van der Waals surface area contributed by atoms with E-state index in [9.17, 15) is 8.78 Å². The van der Waals surface area contributed by atoms with Gasteiger partial charge in [0, 0.05) is 25.7 Å². The zero-order valence-corrected chi connectivity index (χ0v) is 12.8. The van der Waals surface area contributed by atoms with E-state index in [1.165, 1.54) is 0 Å². The zero-order valence-electron chi connectivity index (χ0n) is 9.71. The Morgan fingerprint density at radius 3 is 2.72 bits per heavy atom. The van der Waals surface area contributed by atoms with Crippen LogP contribution >= 0.6 is 35.6 Å². The quantitative estimate of drug-likeness (QED) is 0.624. The molecule has 1 aromatic rings. The van der Waals surface area contributed by atoms with Crippen molar-refractivity contribution in [2.24, 2.45) is 4.99 Å². The number of nitrogens with one attached hydrogen (secondary N) is 1. The highest BCUT2D eigenvalue weighted by Gasteiger charge is 2.13. The van der Waals surface area contributed by atoms with Crippen LogP contribution in [0, 0.1) is 11.6 Å². The van der Waals surface area contributed by atoms with E-state index < -0.39 is 11.6 Å². The molecule has 7 heteroatoms. The summed E-state index contributed by atoms with van der Waals surface area (Å²) in [5.74, 6) is -0.448. The van der Waals surface area contributed by atoms with Gasteiger partial charge in [0.25, 0.3) is 0 Å². The van der Waals surface area contributed by atoms with E-state index >= 15 is 0 Å². The first-order valence-corrected chi connectivity index (χ1v) is 5.58. The Balaban J connectivity index is 0.00000162. The number of benzene rings is 1. The summed E-state index contributed by atoms with van der Waals surface area (Å²) in [6.07, 6.45) is 0. The first kappa shape index (κ1) is 15.4. The van der Waals surface area contributed by atoms with Gasteiger partial charge in [-0.15, -0.1) is 24.0 Å². The number of rotatable bonds is 2. The Hall–Kier alpha value is -0.630. The summed E-state index contributed by atoms with van der Waals surface area (Å²) in [5, 5.41) is 2.75. The van der Waals surface area contributed by atoms with Crippen molar-refractivity contribution in [1.82, 2.24) is 10.2 Å². The molecule has 0 saturated heterocycles. The van der Waals surface area contributed by atoms with E-state index in [-0.39, 0.29) is 41.1 Å². The number of likely N-dealkylation sites (N-methyl/N-ethyl adjacent to an activating group) is 1. The van der Waals surface area contributed by atoms with Crippen molar-refractivity contribution in [1.29, 1.82) is 0 Å². The largest absolute Gasteiger partial charge is 0.352 e. The fraction of sp³-hybridized carbons (Fsp3) is 0.364. The van der Waals surface area contributed by atoms with Gasteiger partial charge in [0.1, 0.15) is 11.6 Å². The minimum Gasteiger partial charge on any atom is -0.352 e. The van der Waals surface area contributed by atoms with Crippen molar-refractivity contribution in [2.75, 3.05) is 20.1 Å². The fourth-order valence-corrected chi connectivity index (χ4v) is 1.75. The molecule has 0 fully saturated rings. The normalized spacial score (nSPS) is 14.2. The average molecular weight is 388 g/mol. The maximum atomic E-state index is 13.5. The van der Waals surface area contributed by atoms with E-state index in [0.29, 0.717) is 5.96 Å². The smallest absolute Gasteiger partial charge is 0.194 e. The highest BCUT2D eigenvalue weighted by Crippen LogP contribution is 2.19. The van der Waals surface area contributed by atoms with Gasteiger partial charge in [-0.3, -0.25) is 4.99 Å². The third kappa shape index (κ3) is 3.44. The van der Waals surface area contributed by atoms with E-state index in [1.54, 1.807) is 0 Å². The second-order valence-corrected chi connectivity index (χ2v) is 4.25. The van der Waals surface area contributed by atoms with Gasteiger partial charge in [-0.25, -0.2) is 8.78 Å². The van der Waals surface area contributed by atoms with Crippen molar-refractivity contribution in [2.45, 2.75) is 6.54 Å². The molecule has 0 spiro atoms. The molecule has 0 aromatic heterocycles. The maximum Gasteiger partial charge on any atom is 0.194 e. The summed E-state index contributed by atoms with van der Waals surface area (Å²) in [5.41, 5.74) is 0.231. The molecule has 0 aliphatic carbocycles. The summed E-state index contributed by atoms with van der Waals surface area (Å²) in [6.45, 7) is 1.74. The van der Waals surface area contributed by atoms with E-state index in [0.717, 1.165) is 25.2 Å². The Morgan fingerprint density at radius 1 is 1.39 bits per heavy atom. The number of hydrogen-bond acceptors (Lipinski definition) is 3. The molecule has 2 rings (SSSR count). The summed E-state index contributed by atoms with van der Waals surface area (Å²) >= 11 is 5.47. The number of aliphatic imine (C=N–C) groups is 1. The van der Waals surface area contributed by atoms with E-state index in [2.05, 4.69) is 10.3 Å². The van der Waals surface area contributed by atoms with Gasteiger partial charge in [0.2, 0.25) is 0 Å². The van der Waals surface area contributed by atoms with Gasteiger partial charge in [0.05, 0.1) is 11.6 Å². The van der Waals surface area contributed by atoms with Gasteiger partial charge in [0.15, 0.2) is 5.96 Å². The molecule has 0 amide bonds. The van der Waals surface area contributed by atoms with Gasteiger partial charge in [-0.1, -0.05) is 11.6 Å². The molecule has 0 atom stereocenters. The van der Waals surface area contributed by atoms with Crippen LogP contribution in [0.15, 0.2) is 17.1 Å². The molecule has 1 aliphatic rings. The lowest BCUT2D eigenvalue weighted by molar-refractivity contribution is 0.529. The average Bonchev–Trinajstić information content (AvgIpc) is 2.68. The van der Waals surface area contributed by atoms with Crippen molar-refractivity contribution in [3.8, 4) is 0 Å². The first-order chi connectivity index (χ1) is 8.08. The SMILES string of the molecule is CN1CCN=C1NCc1cc(F)c(Cl)cc1F.I. The van der Waals surface area contributed by atoms with Crippen LogP contribution in [0.5, 0.6) is 0 Å². The predicted octanol–water partition coefficient (Wildman–Crippen LogP) is 2.63. The minimum absolute atomic E-state index is 0. The van der Waals surface area contributed by atoms with Crippen LogP contribution in [-0.2, 0) is 6.54 Å². The number of guanidine groups is 1. The van der Waals surface area contributed by atoms with Gasteiger partial charge < -0.3 is 10.2 Å².